The normalized spacial score (nSPS) is 11.1. The number of ether oxygens (including phenoxy) is 1. The summed E-state index contributed by atoms with van der Waals surface area (Å²) in [7, 11) is 2.07. The molecule has 1 aromatic heterocycles. The summed E-state index contributed by atoms with van der Waals surface area (Å²) in [6.45, 7) is 8.53. The van der Waals surface area contributed by atoms with E-state index in [0.29, 0.717) is 11.4 Å². The Hall–Kier alpha value is -3.49. The summed E-state index contributed by atoms with van der Waals surface area (Å²) >= 11 is 1.61. The maximum atomic E-state index is 13.1. The molecule has 0 spiro atoms. The maximum Gasteiger partial charge on any atom is 0.417 e. The first-order valence-electron chi connectivity index (χ1n) is 12.1. The zero-order chi connectivity index (χ0) is 25.5. The third-order valence-corrected chi connectivity index (χ3v) is 7.19. The summed E-state index contributed by atoms with van der Waals surface area (Å²) in [6.07, 6.45) is 0.514. The van der Waals surface area contributed by atoms with E-state index in [0.717, 1.165) is 59.1 Å². The fraction of sp³-hybridized carbons (Fsp3) is 0.286. The van der Waals surface area contributed by atoms with Crippen LogP contribution in [0.15, 0.2) is 66.7 Å². The third kappa shape index (κ3) is 6.59. The van der Waals surface area contributed by atoms with E-state index in [2.05, 4.69) is 36.0 Å². The van der Waals surface area contributed by atoms with Crippen LogP contribution in [0.25, 0.3) is 21.3 Å². The molecule has 0 unspecified atom stereocenters. The minimum Gasteiger partial charge on any atom is -0.410 e. The van der Waals surface area contributed by atoms with Crippen molar-refractivity contribution in [3.8, 4) is 16.9 Å². The summed E-state index contributed by atoms with van der Waals surface area (Å²) in [4.78, 5) is 21.8. The number of benzene rings is 3. The lowest BCUT2D eigenvalue weighted by molar-refractivity contribution is 0.215. The minimum absolute atomic E-state index is 0.277. The van der Waals surface area contributed by atoms with Crippen molar-refractivity contribution in [2.75, 3.05) is 43.4 Å². The lowest BCUT2D eigenvalue weighted by atomic mass is 10.1. The number of nitrogens with one attached hydrogen (secondary N) is 1. The minimum atomic E-state index is -0.567. The summed E-state index contributed by atoms with van der Waals surface area (Å²) in [5.41, 5.74) is 3.35. The van der Waals surface area contributed by atoms with Crippen molar-refractivity contribution in [3.63, 3.8) is 0 Å². The van der Waals surface area contributed by atoms with Gasteiger partial charge in [0.25, 0.3) is 0 Å². The largest absolute Gasteiger partial charge is 0.417 e. The van der Waals surface area contributed by atoms with Gasteiger partial charge in [0.1, 0.15) is 11.6 Å². The quantitative estimate of drug-likeness (QED) is 0.254. The zero-order valence-corrected chi connectivity index (χ0v) is 21.6. The Kier molecular flexibility index (Phi) is 8.51. The molecule has 36 heavy (non-hydrogen) atoms. The van der Waals surface area contributed by atoms with E-state index in [4.69, 9.17) is 9.72 Å². The van der Waals surface area contributed by atoms with Gasteiger partial charge in [-0.15, -0.1) is 0 Å². The number of halogens is 1. The number of amides is 1. The molecule has 4 aromatic rings. The van der Waals surface area contributed by atoms with Gasteiger partial charge in [-0.25, -0.2) is 14.2 Å². The van der Waals surface area contributed by atoms with Crippen molar-refractivity contribution in [1.82, 2.24) is 9.88 Å². The van der Waals surface area contributed by atoms with Gasteiger partial charge in [-0.2, -0.15) is 0 Å². The van der Waals surface area contributed by atoms with Gasteiger partial charge in [0.05, 0.1) is 10.2 Å². The van der Waals surface area contributed by atoms with Gasteiger partial charge in [-0.3, -0.25) is 5.32 Å². The van der Waals surface area contributed by atoms with Crippen LogP contribution in [0.2, 0.25) is 0 Å². The van der Waals surface area contributed by atoms with Crippen LogP contribution >= 0.6 is 11.3 Å². The Morgan fingerprint density at radius 1 is 0.972 bits per heavy atom. The van der Waals surface area contributed by atoms with Crippen LogP contribution in [0.3, 0.4) is 0 Å². The average Bonchev–Trinajstić information content (AvgIpc) is 3.31. The molecule has 0 saturated carbocycles. The highest BCUT2D eigenvalue weighted by molar-refractivity contribution is 7.22. The zero-order valence-electron chi connectivity index (χ0n) is 20.8. The van der Waals surface area contributed by atoms with Gasteiger partial charge in [0.15, 0.2) is 5.13 Å². The SMILES string of the molecule is CCN(CC)CCCN(C)c1nc2ccc(NC(=O)Oc3ccc(-c4ccc(F)cc4)cc3)cc2s1. The van der Waals surface area contributed by atoms with E-state index in [1.807, 2.05) is 30.3 Å². The molecule has 8 heteroatoms. The van der Waals surface area contributed by atoms with Crippen LogP contribution in [0.1, 0.15) is 20.3 Å². The molecule has 1 N–H and O–H groups in total. The van der Waals surface area contributed by atoms with Gasteiger partial charge in [0.2, 0.25) is 0 Å². The number of anilines is 2. The number of carbonyl (C=O) groups is 1. The molecule has 6 nitrogen and oxygen atoms in total. The predicted octanol–water partition coefficient (Wildman–Crippen LogP) is 6.88. The molecular formula is C28H31FN4O2S. The van der Waals surface area contributed by atoms with Crippen LogP contribution in [-0.2, 0) is 0 Å². The first-order chi connectivity index (χ1) is 17.4. The van der Waals surface area contributed by atoms with Crippen molar-refractivity contribution < 1.29 is 13.9 Å². The van der Waals surface area contributed by atoms with E-state index in [1.165, 1.54) is 12.1 Å². The molecule has 0 saturated heterocycles. The van der Waals surface area contributed by atoms with E-state index in [-0.39, 0.29) is 5.82 Å². The molecule has 0 aliphatic heterocycles. The van der Waals surface area contributed by atoms with Crippen LogP contribution in [0, 0.1) is 5.82 Å². The van der Waals surface area contributed by atoms with Gasteiger partial charge in [-0.1, -0.05) is 49.4 Å². The second-order valence-corrected chi connectivity index (χ2v) is 9.54. The molecule has 0 bridgehead atoms. The highest BCUT2D eigenvalue weighted by Gasteiger charge is 2.12. The fourth-order valence-electron chi connectivity index (χ4n) is 3.93. The van der Waals surface area contributed by atoms with Crippen molar-refractivity contribution >= 4 is 38.5 Å². The number of fused-ring (bicyclic) bond motifs is 1. The van der Waals surface area contributed by atoms with Gasteiger partial charge in [0, 0.05) is 19.3 Å². The number of carbonyl (C=O) groups excluding carboxylic acids is 1. The lowest BCUT2D eigenvalue weighted by Gasteiger charge is -2.20. The fourth-order valence-corrected chi connectivity index (χ4v) is 4.92. The first-order valence-corrected chi connectivity index (χ1v) is 13.0. The summed E-state index contributed by atoms with van der Waals surface area (Å²) in [5.74, 6) is 0.145. The van der Waals surface area contributed by atoms with E-state index in [1.54, 1.807) is 35.6 Å². The molecule has 1 amide bonds. The summed E-state index contributed by atoms with van der Waals surface area (Å²) in [6, 6.07) is 19.0. The van der Waals surface area contributed by atoms with Crippen molar-refractivity contribution in [2.24, 2.45) is 0 Å². The molecule has 0 radical (unpaired) electrons. The van der Waals surface area contributed by atoms with E-state index < -0.39 is 6.09 Å². The van der Waals surface area contributed by atoms with Crippen LogP contribution in [-0.4, -0.2) is 49.2 Å². The summed E-state index contributed by atoms with van der Waals surface area (Å²) in [5, 5.41) is 3.75. The third-order valence-electron chi connectivity index (χ3n) is 6.05. The van der Waals surface area contributed by atoms with Crippen LogP contribution in [0.5, 0.6) is 5.75 Å². The van der Waals surface area contributed by atoms with Crippen LogP contribution < -0.4 is 15.0 Å². The highest BCUT2D eigenvalue weighted by Crippen LogP contribution is 2.30. The monoisotopic (exact) mass is 506 g/mol. The molecular weight excluding hydrogens is 475 g/mol. The Balaban J connectivity index is 1.34. The van der Waals surface area contributed by atoms with Crippen molar-refractivity contribution in [1.29, 1.82) is 0 Å². The van der Waals surface area contributed by atoms with E-state index in [9.17, 15) is 9.18 Å². The molecule has 0 aliphatic rings. The Morgan fingerprint density at radius 2 is 1.64 bits per heavy atom. The lowest BCUT2D eigenvalue weighted by Crippen LogP contribution is -2.28. The molecule has 0 atom stereocenters. The maximum absolute atomic E-state index is 13.1. The number of rotatable bonds is 10. The Labute approximate surface area is 215 Å². The number of hydrogen-bond donors (Lipinski definition) is 1. The topological polar surface area (TPSA) is 57.7 Å². The Bertz CT molecular complexity index is 1290. The number of nitrogens with zero attached hydrogens (tertiary/aromatic N) is 3. The second kappa shape index (κ2) is 12.0. The molecule has 1 heterocycles. The highest BCUT2D eigenvalue weighted by atomic mass is 32.1. The van der Waals surface area contributed by atoms with E-state index >= 15 is 0 Å². The van der Waals surface area contributed by atoms with Crippen molar-refractivity contribution in [3.05, 3.63) is 72.5 Å². The predicted molar refractivity (Wildman–Crippen MR) is 147 cm³/mol. The second-order valence-electron chi connectivity index (χ2n) is 8.53. The number of hydrogen-bond acceptors (Lipinski definition) is 6. The Morgan fingerprint density at radius 3 is 2.31 bits per heavy atom. The number of aromatic nitrogens is 1. The first kappa shape index (κ1) is 25.6. The molecule has 0 fully saturated rings. The van der Waals surface area contributed by atoms with Gasteiger partial charge in [-0.05, 0) is 79.6 Å². The average molecular weight is 507 g/mol. The van der Waals surface area contributed by atoms with Gasteiger partial charge >= 0.3 is 6.09 Å². The smallest absolute Gasteiger partial charge is 0.410 e. The molecule has 3 aromatic carbocycles. The number of thiazole rings is 1. The van der Waals surface area contributed by atoms with Gasteiger partial charge < -0.3 is 14.5 Å². The standard InChI is InChI=1S/C28H31FN4O2S/c1-4-33(5-2)18-6-17-32(3)27-31-25-16-13-23(19-26(25)36-27)30-28(34)35-24-14-9-21(10-15-24)20-7-11-22(29)12-8-20/h7-16,19H,4-6,17-18H2,1-3H3,(H,30,34). The summed E-state index contributed by atoms with van der Waals surface area (Å²) < 4.78 is 19.6. The van der Waals surface area contributed by atoms with Crippen LogP contribution in [0.4, 0.5) is 20.0 Å². The van der Waals surface area contributed by atoms with Crippen molar-refractivity contribution in [2.45, 2.75) is 20.3 Å². The molecule has 4 rings (SSSR count). The molecule has 0 aliphatic carbocycles. The molecule has 188 valence electrons.